The molecule has 0 saturated carbocycles. The van der Waals surface area contributed by atoms with E-state index in [2.05, 4.69) is 15.4 Å². The van der Waals surface area contributed by atoms with Gasteiger partial charge >= 0.3 is 5.97 Å². The Bertz CT molecular complexity index is 454. The molecule has 0 heterocycles. The summed E-state index contributed by atoms with van der Waals surface area (Å²) in [6, 6.07) is 9.48. The van der Waals surface area contributed by atoms with Gasteiger partial charge in [0.2, 0.25) is 5.91 Å². The van der Waals surface area contributed by atoms with Crippen LogP contribution in [0.1, 0.15) is 31.4 Å². The smallest absolute Gasteiger partial charge is 0.305 e. The molecule has 0 aromatic heterocycles. The minimum absolute atomic E-state index is 0. The van der Waals surface area contributed by atoms with Gasteiger partial charge in [-0.1, -0.05) is 37.3 Å². The summed E-state index contributed by atoms with van der Waals surface area (Å²) >= 11 is 0. The van der Waals surface area contributed by atoms with Gasteiger partial charge in [0.25, 0.3) is 0 Å². The first kappa shape index (κ1) is 20.4. The Hall–Kier alpha value is -1.59. The van der Waals surface area contributed by atoms with Crippen LogP contribution in [0, 0.1) is 5.92 Å². The normalized spacial score (nSPS) is 12.7. The van der Waals surface area contributed by atoms with Crippen molar-refractivity contribution in [3.8, 4) is 0 Å². The zero-order valence-corrected chi connectivity index (χ0v) is 14.1. The minimum Gasteiger partial charge on any atom is -0.469 e. The molecule has 0 fully saturated rings. The number of esters is 1. The molecule has 2 atom stereocenters. The molecule has 1 aromatic carbocycles. The van der Waals surface area contributed by atoms with Gasteiger partial charge in [-0.15, -0.1) is 12.4 Å². The summed E-state index contributed by atoms with van der Waals surface area (Å²) in [4.78, 5) is 23.5. The monoisotopic (exact) mass is 328 g/mol. The summed E-state index contributed by atoms with van der Waals surface area (Å²) in [6.07, 6.45) is 0.797. The Morgan fingerprint density at radius 2 is 1.86 bits per heavy atom. The molecule has 1 rings (SSSR count). The Balaban J connectivity index is 0.00000441. The predicted molar refractivity (Wildman–Crippen MR) is 88.9 cm³/mol. The molecule has 124 valence electrons. The van der Waals surface area contributed by atoms with Crippen LogP contribution in [0.4, 0.5) is 0 Å². The van der Waals surface area contributed by atoms with Crippen molar-refractivity contribution in [2.75, 3.05) is 20.7 Å². The summed E-state index contributed by atoms with van der Waals surface area (Å²) in [7, 11) is 3.18. The number of carbonyl (C=O) groups excluding carboxylic acids is 2. The summed E-state index contributed by atoms with van der Waals surface area (Å²) in [5, 5.41) is 6.00. The Morgan fingerprint density at radius 3 is 2.41 bits per heavy atom. The SMILES string of the molecule is CNCC(C)C(=O)NC(CCC(=O)OC)c1ccccc1.Cl. The molecule has 0 bridgehead atoms. The van der Waals surface area contributed by atoms with Crippen molar-refractivity contribution in [2.24, 2.45) is 5.92 Å². The molecule has 0 aliphatic carbocycles. The fourth-order valence-corrected chi connectivity index (χ4v) is 2.08. The average molecular weight is 329 g/mol. The van der Waals surface area contributed by atoms with E-state index < -0.39 is 0 Å². The van der Waals surface area contributed by atoms with Crippen LogP contribution in [0.2, 0.25) is 0 Å². The maximum absolute atomic E-state index is 12.2. The quantitative estimate of drug-likeness (QED) is 0.717. The van der Waals surface area contributed by atoms with Crippen molar-refractivity contribution < 1.29 is 14.3 Å². The number of ether oxygens (including phenoxy) is 1. The van der Waals surface area contributed by atoms with E-state index in [1.807, 2.05) is 44.3 Å². The predicted octanol–water partition coefficient (Wildman–Crippen LogP) is 2.07. The molecule has 2 unspecified atom stereocenters. The highest BCUT2D eigenvalue weighted by Gasteiger charge is 2.19. The summed E-state index contributed by atoms with van der Waals surface area (Å²) in [5.74, 6) is -0.420. The van der Waals surface area contributed by atoms with Gasteiger partial charge in [-0.05, 0) is 19.0 Å². The summed E-state index contributed by atoms with van der Waals surface area (Å²) in [6.45, 7) is 2.48. The van der Waals surface area contributed by atoms with E-state index in [9.17, 15) is 9.59 Å². The Labute approximate surface area is 138 Å². The zero-order chi connectivity index (χ0) is 15.7. The number of benzene rings is 1. The second-order valence-corrected chi connectivity index (χ2v) is 5.05. The number of amides is 1. The van der Waals surface area contributed by atoms with Gasteiger partial charge in [-0.2, -0.15) is 0 Å². The third-order valence-corrected chi connectivity index (χ3v) is 3.34. The van der Waals surface area contributed by atoms with Gasteiger partial charge in [-0.25, -0.2) is 0 Å². The van der Waals surface area contributed by atoms with Crippen molar-refractivity contribution in [2.45, 2.75) is 25.8 Å². The first-order valence-electron chi connectivity index (χ1n) is 7.15. The van der Waals surface area contributed by atoms with Crippen molar-refractivity contribution >= 4 is 24.3 Å². The van der Waals surface area contributed by atoms with Crippen LogP contribution >= 0.6 is 12.4 Å². The van der Waals surface area contributed by atoms with Crippen molar-refractivity contribution in [1.82, 2.24) is 10.6 Å². The van der Waals surface area contributed by atoms with Crippen LogP contribution in [0.3, 0.4) is 0 Å². The molecular formula is C16H25ClN2O3. The zero-order valence-electron chi connectivity index (χ0n) is 13.3. The van der Waals surface area contributed by atoms with Crippen molar-refractivity contribution in [1.29, 1.82) is 0 Å². The van der Waals surface area contributed by atoms with Crippen molar-refractivity contribution in [3.63, 3.8) is 0 Å². The number of nitrogens with one attached hydrogen (secondary N) is 2. The lowest BCUT2D eigenvalue weighted by molar-refractivity contribution is -0.141. The van der Waals surface area contributed by atoms with Gasteiger partial charge in [0.05, 0.1) is 13.2 Å². The highest BCUT2D eigenvalue weighted by Crippen LogP contribution is 2.19. The maximum atomic E-state index is 12.2. The molecular weight excluding hydrogens is 304 g/mol. The van der Waals surface area contributed by atoms with Gasteiger partial charge < -0.3 is 15.4 Å². The molecule has 1 amide bonds. The second kappa shape index (κ2) is 11.0. The highest BCUT2D eigenvalue weighted by atomic mass is 35.5. The molecule has 0 spiro atoms. The van der Waals surface area contributed by atoms with Crippen LogP contribution in [0.15, 0.2) is 30.3 Å². The summed E-state index contributed by atoms with van der Waals surface area (Å²) < 4.78 is 4.67. The van der Waals surface area contributed by atoms with Crippen LogP contribution < -0.4 is 10.6 Å². The summed E-state index contributed by atoms with van der Waals surface area (Å²) in [5.41, 5.74) is 0.992. The number of hydrogen-bond donors (Lipinski definition) is 2. The molecule has 6 heteroatoms. The molecule has 0 aliphatic rings. The van der Waals surface area contributed by atoms with Gasteiger partial charge in [0.1, 0.15) is 0 Å². The third-order valence-electron chi connectivity index (χ3n) is 3.34. The van der Waals surface area contributed by atoms with Gasteiger partial charge in [0, 0.05) is 18.9 Å². The van der Waals surface area contributed by atoms with Gasteiger partial charge in [-0.3, -0.25) is 9.59 Å². The molecule has 5 nitrogen and oxygen atoms in total. The van der Waals surface area contributed by atoms with Gasteiger partial charge in [0.15, 0.2) is 0 Å². The first-order valence-corrected chi connectivity index (χ1v) is 7.15. The lowest BCUT2D eigenvalue weighted by Crippen LogP contribution is -2.37. The molecule has 1 aromatic rings. The number of carbonyl (C=O) groups is 2. The third kappa shape index (κ3) is 6.91. The fourth-order valence-electron chi connectivity index (χ4n) is 2.08. The number of methoxy groups -OCH3 is 1. The largest absolute Gasteiger partial charge is 0.469 e. The van der Waals surface area contributed by atoms with E-state index >= 15 is 0 Å². The lowest BCUT2D eigenvalue weighted by Gasteiger charge is -2.21. The topological polar surface area (TPSA) is 67.4 Å². The number of halogens is 1. The fraction of sp³-hybridized carbons (Fsp3) is 0.500. The lowest BCUT2D eigenvalue weighted by atomic mass is 10.0. The maximum Gasteiger partial charge on any atom is 0.305 e. The number of hydrogen-bond acceptors (Lipinski definition) is 4. The molecule has 22 heavy (non-hydrogen) atoms. The standard InChI is InChI=1S/C16H24N2O3.ClH/c1-12(11-17-2)16(20)18-14(9-10-15(19)21-3)13-7-5-4-6-8-13;/h4-8,12,14,17H,9-11H2,1-3H3,(H,18,20);1H. The van der Waals surface area contributed by atoms with E-state index in [0.717, 1.165) is 5.56 Å². The van der Waals surface area contributed by atoms with E-state index in [1.54, 1.807) is 0 Å². The molecule has 0 aliphatic heterocycles. The first-order chi connectivity index (χ1) is 10.1. The van der Waals surface area contributed by atoms with E-state index in [0.29, 0.717) is 13.0 Å². The molecule has 2 N–H and O–H groups in total. The minimum atomic E-state index is -0.270. The second-order valence-electron chi connectivity index (χ2n) is 5.05. The van der Waals surface area contributed by atoms with E-state index in [4.69, 9.17) is 0 Å². The van der Waals surface area contributed by atoms with Crippen molar-refractivity contribution in [3.05, 3.63) is 35.9 Å². The van der Waals surface area contributed by atoms with E-state index in [-0.39, 0.29) is 42.7 Å². The Kier molecular flexibility index (Phi) is 10.2. The van der Waals surface area contributed by atoms with Crippen LogP contribution in [0.25, 0.3) is 0 Å². The molecule has 0 radical (unpaired) electrons. The highest BCUT2D eigenvalue weighted by molar-refractivity contribution is 5.85. The van der Waals surface area contributed by atoms with Crippen LogP contribution in [-0.2, 0) is 14.3 Å². The average Bonchev–Trinajstić information content (AvgIpc) is 2.51. The Morgan fingerprint density at radius 1 is 1.23 bits per heavy atom. The van der Waals surface area contributed by atoms with Crippen LogP contribution in [0.5, 0.6) is 0 Å². The molecule has 0 saturated heterocycles. The number of rotatable bonds is 8. The van der Waals surface area contributed by atoms with Crippen LogP contribution in [-0.4, -0.2) is 32.6 Å². The van der Waals surface area contributed by atoms with E-state index in [1.165, 1.54) is 7.11 Å².